The van der Waals surface area contributed by atoms with E-state index in [-0.39, 0.29) is 36.5 Å². The van der Waals surface area contributed by atoms with Crippen molar-refractivity contribution in [3.8, 4) is 0 Å². The first-order valence-electron chi connectivity index (χ1n) is 9.72. The van der Waals surface area contributed by atoms with Crippen LogP contribution in [0, 0.1) is 11.7 Å². The molecule has 0 radical (unpaired) electrons. The highest BCUT2D eigenvalue weighted by atomic mass is 32.2. The molecule has 2 amide bonds. The Hall–Kier alpha value is -2.94. The minimum absolute atomic E-state index is 0.0516. The first kappa shape index (κ1) is 20.3. The van der Waals surface area contributed by atoms with Crippen LogP contribution in [-0.2, 0) is 9.59 Å². The number of carbonyl (C=O) groups is 2. The molecule has 2 aromatic heterocycles. The third-order valence-corrected chi connectivity index (χ3v) is 5.86. The molecule has 1 saturated heterocycles. The Morgan fingerprint density at radius 1 is 1.27 bits per heavy atom. The third kappa shape index (κ3) is 4.02. The molecule has 1 aromatic carbocycles. The number of halogens is 1. The Bertz CT molecular complexity index is 1070. The smallest absolute Gasteiger partial charge is 0.227 e. The van der Waals surface area contributed by atoms with Crippen molar-refractivity contribution in [3.63, 3.8) is 0 Å². The van der Waals surface area contributed by atoms with E-state index in [2.05, 4.69) is 15.5 Å². The number of para-hydroxylation sites is 1. The normalized spacial score (nSPS) is 17.5. The van der Waals surface area contributed by atoms with E-state index < -0.39 is 11.7 Å². The Labute approximate surface area is 177 Å². The van der Waals surface area contributed by atoms with Gasteiger partial charge in [0.15, 0.2) is 11.5 Å². The number of nitrogens with one attached hydrogen (secondary N) is 1. The summed E-state index contributed by atoms with van der Waals surface area (Å²) in [6.07, 6.45) is 4.60. The van der Waals surface area contributed by atoms with E-state index >= 15 is 0 Å². The topological polar surface area (TPSA) is 79.6 Å². The molecule has 4 rings (SSSR count). The van der Waals surface area contributed by atoms with E-state index in [4.69, 9.17) is 0 Å². The molecular formula is C21H22FN5O2S. The lowest BCUT2D eigenvalue weighted by atomic mass is 10.1. The Morgan fingerprint density at radius 3 is 2.87 bits per heavy atom. The molecule has 1 aliphatic rings. The molecule has 1 fully saturated rings. The molecule has 3 aromatic rings. The standard InChI is InChI=1S/C21H22FN5O2S/c1-30-11-9-16(20-25-24-18-8-4-5-10-26(18)20)23-21(29)14-12-19(28)27(13-14)17-7-3-2-6-15(17)22/h2-8,10,14,16H,9,11-13H2,1H3,(H,23,29). The van der Waals surface area contributed by atoms with E-state index in [1.165, 1.54) is 11.0 Å². The predicted molar refractivity (Wildman–Crippen MR) is 114 cm³/mol. The molecule has 156 valence electrons. The minimum Gasteiger partial charge on any atom is -0.346 e. The van der Waals surface area contributed by atoms with Crippen molar-refractivity contribution in [2.45, 2.75) is 18.9 Å². The molecule has 30 heavy (non-hydrogen) atoms. The highest BCUT2D eigenvalue weighted by Crippen LogP contribution is 2.28. The molecule has 1 aliphatic heterocycles. The molecule has 7 nitrogen and oxygen atoms in total. The molecule has 1 N–H and O–H groups in total. The Balaban J connectivity index is 1.52. The molecule has 0 aliphatic carbocycles. The highest BCUT2D eigenvalue weighted by Gasteiger charge is 2.37. The maximum absolute atomic E-state index is 14.1. The van der Waals surface area contributed by atoms with Crippen molar-refractivity contribution in [2.24, 2.45) is 5.92 Å². The molecule has 2 unspecified atom stereocenters. The number of anilines is 1. The number of amides is 2. The summed E-state index contributed by atoms with van der Waals surface area (Å²) in [5.41, 5.74) is 0.915. The second-order valence-corrected chi connectivity index (χ2v) is 8.17. The van der Waals surface area contributed by atoms with Gasteiger partial charge in [0, 0.05) is 19.2 Å². The third-order valence-electron chi connectivity index (χ3n) is 5.22. The van der Waals surface area contributed by atoms with Crippen molar-refractivity contribution >= 4 is 34.9 Å². The van der Waals surface area contributed by atoms with Gasteiger partial charge in [-0.3, -0.25) is 14.0 Å². The second kappa shape index (κ2) is 8.83. The first-order chi connectivity index (χ1) is 14.6. The largest absolute Gasteiger partial charge is 0.346 e. The highest BCUT2D eigenvalue weighted by molar-refractivity contribution is 7.98. The first-order valence-corrected chi connectivity index (χ1v) is 11.1. The summed E-state index contributed by atoms with van der Waals surface area (Å²) in [4.78, 5) is 26.8. The monoisotopic (exact) mass is 427 g/mol. The van der Waals surface area contributed by atoms with Gasteiger partial charge in [0.05, 0.1) is 17.6 Å². The quantitative estimate of drug-likeness (QED) is 0.627. The second-order valence-electron chi connectivity index (χ2n) is 7.19. The lowest BCUT2D eigenvalue weighted by molar-refractivity contribution is -0.127. The molecule has 0 bridgehead atoms. The van der Waals surface area contributed by atoms with Crippen LogP contribution in [0.15, 0.2) is 48.7 Å². The van der Waals surface area contributed by atoms with Crippen molar-refractivity contribution < 1.29 is 14.0 Å². The van der Waals surface area contributed by atoms with Gasteiger partial charge >= 0.3 is 0 Å². The number of thioether (sulfide) groups is 1. The van der Waals surface area contributed by atoms with E-state index in [0.717, 1.165) is 5.75 Å². The number of hydrogen-bond acceptors (Lipinski definition) is 5. The summed E-state index contributed by atoms with van der Waals surface area (Å²) in [6.45, 7) is 0.154. The lowest BCUT2D eigenvalue weighted by Gasteiger charge is -2.20. The van der Waals surface area contributed by atoms with Crippen LogP contribution in [-0.4, -0.2) is 45.0 Å². The fourth-order valence-electron chi connectivity index (χ4n) is 3.68. The van der Waals surface area contributed by atoms with Crippen LogP contribution in [0.4, 0.5) is 10.1 Å². The molecule has 3 heterocycles. The van der Waals surface area contributed by atoms with Gasteiger partial charge in [-0.2, -0.15) is 11.8 Å². The molecular weight excluding hydrogens is 405 g/mol. The number of hydrogen-bond donors (Lipinski definition) is 1. The lowest BCUT2D eigenvalue weighted by Crippen LogP contribution is -2.36. The van der Waals surface area contributed by atoms with Gasteiger partial charge in [-0.1, -0.05) is 18.2 Å². The summed E-state index contributed by atoms with van der Waals surface area (Å²) in [6, 6.07) is 11.4. The Morgan fingerprint density at radius 2 is 2.07 bits per heavy atom. The van der Waals surface area contributed by atoms with Crippen molar-refractivity contribution in [3.05, 3.63) is 60.3 Å². The predicted octanol–water partition coefficient (Wildman–Crippen LogP) is 2.83. The molecule has 9 heteroatoms. The summed E-state index contributed by atoms with van der Waals surface area (Å²) in [5.74, 6) is -0.0247. The van der Waals surface area contributed by atoms with Gasteiger partial charge in [-0.25, -0.2) is 4.39 Å². The average Bonchev–Trinajstić information content (AvgIpc) is 3.35. The van der Waals surface area contributed by atoms with Crippen LogP contribution in [0.2, 0.25) is 0 Å². The fraction of sp³-hybridized carbons (Fsp3) is 0.333. The van der Waals surface area contributed by atoms with Crippen LogP contribution in [0.1, 0.15) is 24.7 Å². The van der Waals surface area contributed by atoms with Crippen molar-refractivity contribution in [1.29, 1.82) is 0 Å². The summed E-state index contributed by atoms with van der Waals surface area (Å²) >= 11 is 1.68. The van der Waals surface area contributed by atoms with Crippen molar-refractivity contribution in [2.75, 3.05) is 23.5 Å². The van der Waals surface area contributed by atoms with Crippen molar-refractivity contribution in [1.82, 2.24) is 19.9 Å². The van der Waals surface area contributed by atoms with Gasteiger partial charge in [-0.15, -0.1) is 10.2 Å². The van der Waals surface area contributed by atoms with Crippen LogP contribution in [0.5, 0.6) is 0 Å². The number of nitrogens with zero attached hydrogens (tertiary/aromatic N) is 4. The van der Waals surface area contributed by atoms with Gasteiger partial charge in [0.25, 0.3) is 0 Å². The zero-order valence-corrected chi connectivity index (χ0v) is 17.3. The number of aromatic nitrogens is 3. The van der Waals surface area contributed by atoms with Crippen LogP contribution in [0.25, 0.3) is 5.65 Å². The molecule has 0 saturated carbocycles. The van der Waals surface area contributed by atoms with E-state index in [1.54, 1.807) is 30.0 Å². The summed E-state index contributed by atoms with van der Waals surface area (Å²) in [5, 5.41) is 11.5. The number of benzene rings is 1. The number of fused-ring (bicyclic) bond motifs is 1. The van der Waals surface area contributed by atoms with Crippen LogP contribution in [0.3, 0.4) is 0 Å². The van der Waals surface area contributed by atoms with E-state index in [1.807, 2.05) is 35.1 Å². The average molecular weight is 428 g/mol. The van der Waals surface area contributed by atoms with Crippen LogP contribution < -0.4 is 10.2 Å². The Kier molecular flexibility index (Phi) is 5.98. The molecule has 2 atom stereocenters. The maximum atomic E-state index is 14.1. The van der Waals surface area contributed by atoms with E-state index in [0.29, 0.717) is 17.9 Å². The van der Waals surface area contributed by atoms with Gasteiger partial charge < -0.3 is 10.2 Å². The van der Waals surface area contributed by atoms with Gasteiger partial charge in [0.2, 0.25) is 11.8 Å². The molecule has 0 spiro atoms. The summed E-state index contributed by atoms with van der Waals surface area (Å²) < 4.78 is 16.0. The summed E-state index contributed by atoms with van der Waals surface area (Å²) in [7, 11) is 0. The number of rotatable bonds is 7. The van der Waals surface area contributed by atoms with Gasteiger partial charge in [-0.05, 0) is 42.7 Å². The number of carbonyl (C=O) groups excluding carboxylic acids is 2. The van der Waals surface area contributed by atoms with E-state index in [9.17, 15) is 14.0 Å². The number of pyridine rings is 1. The van der Waals surface area contributed by atoms with Crippen LogP contribution >= 0.6 is 11.8 Å². The zero-order valence-electron chi connectivity index (χ0n) is 16.5. The minimum atomic E-state index is -0.548. The fourth-order valence-corrected chi connectivity index (χ4v) is 4.15. The zero-order chi connectivity index (χ0) is 21.1. The SMILES string of the molecule is CSCCC(NC(=O)C1CC(=O)N(c2ccccc2F)C1)c1nnc2ccccn12. The van der Waals surface area contributed by atoms with Gasteiger partial charge in [0.1, 0.15) is 5.82 Å². The maximum Gasteiger partial charge on any atom is 0.227 e.